The summed E-state index contributed by atoms with van der Waals surface area (Å²) in [4.78, 5) is 24.3. The number of carbonyl (C=O) groups excluding carboxylic acids is 1. The number of aliphatic carboxylic acids is 1. The summed E-state index contributed by atoms with van der Waals surface area (Å²) in [5.74, 6) is -1.84. The van der Waals surface area contributed by atoms with E-state index in [1.807, 2.05) is 0 Å². The molecule has 1 saturated carbocycles. The Morgan fingerprint density at radius 2 is 1.84 bits per heavy atom. The predicted molar refractivity (Wildman–Crippen MR) is 63.4 cm³/mol. The zero-order valence-electron chi connectivity index (χ0n) is 11.1. The van der Waals surface area contributed by atoms with Crippen molar-refractivity contribution in [3.05, 3.63) is 0 Å². The highest BCUT2D eigenvalue weighted by atomic mass is 16.6. The van der Waals surface area contributed by atoms with Crippen LogP contribution in [0.1, 0.15) is 27.2 Å². The van der Waals surface area contributed by atoms with Gasteiger partial charge in [-0.25, -0.2) is 9.59 Å². The Balaban J connectivity index is 2.26. The van der Waals surface area contributed by atoms with E-state index in [1.54, 1.807) is 20.8 Å². The Labute approximate surface area is 110 Å². The van der Waals surface area contributed by atoms with Crippen LogP contribution in [0.25, 0.3) is 0 Å². The van der Waals surface area contributed by atoms with Gasteiger partial charge in [-0.2, -0.15) is 0 Å². The fourth-order valence-electron chi connectivity index (χ4n) is 2.95. The number of likely N-dealkylation sites (tertiary alicyclic amines) is 1. The molecular formula is C12H19NO6. The molecule has 1 aliphatic heterocycles. The maximum Gasteiger partial charge on any atom is 0.411 e. The van der Waals surface area contributed by atoms with Crippen LogP contribution in [0.2, 0.25) is 0 Å². The number of aliphatic hydroxyl groups excluding tert-OH is 2. The van der Waals surface area contributed by atoms with Gasteiger partial charge < -0.3 is 20.1 Å². The summed E-state index contributed by atoms with van der Waals surface area (Å²) in [6.45, 7) is 5.01. The third-order valence-corrected chi connectivity index (χ3v) is 3.58. The SMILES string of the molecule is CC(C)(C)OC(=O)N1C(C(=O)O)C2CC(O)C1C2O. The number of hydrogen-bond acceptors (Lipinski definition) is 5. The van der Waals surface area contributed by atoms with Gasteiger partial charge in [0.1, 0.15) is 11.6 Å². The van der Waals surface area contributed by atoms with Gasteiger partial charge in [-0.05, 0) is 27.2 Å². The van der Waals surface area contributed by atoms with Crippen LogP contribution < -0.4 is 0 Å². The zero-order chi connectivity index (χ0) is 14.5. The molecule has 1 saturated heterocycles. The minimum Gasteiger partial charge on any atom is -0.480 e. The van der Waals surface area contributed by atoms with Crippen molar-refractivity contribution in [2.45, 2.75) is 57.1 Å². The van der Waals surface area contributed by atoms with Crippen LogP contribution in [0.5, 0.6) is 0 Å². The van der Waals surface area contributed by atoms with Crippen molar-refractivity contribution >= 4 is 12.1 Å². The van der Waals surface area contributed by atoms with Crippen LogP contribution >= 0.6 is 0 Å². The van der Waals surface area contributed by atoms with Crippen molar-refractivity contribution in [2.24, 2.45) is 5.92 Å². The molecule has 0 aromatic carbocycles. The van der Waals surface area contributed by atoms with E-state index >= 15 is 0 Å². The first-order valence-electron chi connectivity index (χ1n) is 6.24. The molecule has 1 aliphatic carbocycles. The van der Waals surface area contributed by atoms with Crippen LogP contribution in [-0.4, -0.2) is 62.2 Å². The summed E-state index contributed by atoms with van der Waals surface area (Å²) in [7, 11) is 0. The minimum atomic E-state index is -1.19. The number of fused-ring (bicyclic) bond motifs is 2. The molecule has 5 atom stereocenters. The van der Waals surface area contributed by atoms with Gasteiger partial charge in [0.25, 0.3) is 0 Å². The van der Waals surface area contributed by atoms with Crippen LogP contribution in [0.3, 0.4) is 0 Å². The number of ether oxygens (including phenoxy) is 1. The van der Waals surface area contributed by atoms with Gasteiger partial charge in [0.05, 0.1) is 18.2 Å². The number of amides is 1. The lowest BCUT2D eigenvalue weighted by Gasteiger charge is -2.35. The fourth-order valence-corrected chi connectivity index (χ4v) is 2.95. The first-order chi connectivity index (χ1) is 8.63. The normalized spacial score (nSPS) is 37.5. The van der Waals surface area contributed by atoms with Crippen LogP contribution in [0.15, 0.2) is 0 Å². The Morgan fingerprint density at radius 3 is 2.32 bits per heavy atom. The van der Waals surface area contributed by atoms with E-state index in [0.29, 0.717) is 0 Å². The number of carboxylic acid groups (broad SMARTS) is 1. The average Bonchev–Trinajstić information content (AvgIpc) is 2.65. The lowest BCUT2D eigenvalue weighted by molar-refractivity contribution is -0.146. The van der Waals surface area contributed by atoms with Gasteiger partial charge in [-0.1, -0.05) is 0 Å². The quantitative estimate of drug-likeness (QED) is 0.611. The number of carbonyl (C=O) groups is 2. The summed E-state index contributed by atoms with van der Waals surface area (Å²) in [5, 5.41) is 29.0. The second-order valence-corrected chi connectivity index (χ2v) is 6.12. The molecule has 0 aromatic rings. The van der Waals surface area contributed by atoms with Gasteiger partial charge in [-0.15, -0.1) is 0 Å². The molecule has 2 fully saturated rings. The molecule has 2 bridgehead atoms. The standard InChI is InChI=1S/C12H19NO6/c1-12(2,3)19-11(18)13-7(10(16)17)5-4-6(14)8(13)9(5)15/h5-9,14-15H,4H2,1-3H3,(H,16,17). The molecule has 2 rings (SSSR count). The Bertz CT molecular complexity index is 404. The molecule has 1 heterocycles. The third kappa shape index (κ3) is 2.28. The van der Waals surface area contributed by atoms with Crippen LogP contribution in [0, 0.1) is 5.92 Å². The molecule has 7 heteroatoms. The Kier molecular flexibility index (Phi) is 3.22. The second-order valence-electron chi connectivity index (χ2n) is 6.12. The maximum atomic E-state index is 12.1. The van der Waals surface area contributed by atoms with E-state index in [9.17, 15) is 24.9 Å². The van der Waals surface area contributed by atoms with Crippen molar-refractivity contribution in [2.75, 3.05) is 0 Å². The smallest absolute Gasteiger partial charge is 0.411 e. The molecular weight excluding hydrogens is 254 g/mol. The molecule has 2 aliphatic rings. The average molecular weight is 273 g/mol. The van der Waals surface area contributed by atoms with Crippen molar-refractivity contribution in [3.63, 3.8) is 0 Å². The lowest BCUT2D eigenvalue weighted by Crippen LogP contribution is -2.55. The number of rotatable bonds is 1. The van der Waals surface area contributed by atoms with Crippen molar-refractivity contribution in [3.8, 4) is 0 Å². The molecule has 108 valence electrons. The highest BCUT2D eigenvalue weighted by molar-refractivity contribution is 5.82. The molecule has 1 amide bonds. The molecule has 3 N–H and O–H groups in total. The number of piperidine rings is 1. The predicted octanol–water partition coefficient (Wildman–Crippen LogP) is -0.199. The Hall–Kier alpha value is -1.34. The van der Waals surface area contributed by atoms with Gasteiger partial charge in [-0.3, -0.25) is 4.90 Å². The first kappa shape index (κ1) is 14.1. The Morgan fingerprint density at radius 1 is 1.26 bits per heavy atom. The van der Waals surface area contributed by atoms with Gasteiger partial charge >= 0.3 is 12.1 Å². The molecule has 0 spiro atoms. The second kappa shape index (κ2) is 4.35. The monoisotopic (exact) mass is 273 g/mol. The molecule has 5 unspecified atom stereocenters. The van der Waals surface area contributed by atoms with Crippen molar-refractivity contribution in [1.82, 2.24) is 4.90 Å². The number of aliphatic hydroxyl groups is 2. The van der Waals surface area contributed by atoms with Crippen LogP contribution in [0.4, 0.5) is 4.79 Å². The number of hydrogen-bond donors (Lipinski definition) is 3. The van der Waals surface area contributed by atoms with Gasteiger partial charge in [0.15, 0.2) is 0 Å². The first-order valence-corrected chi connectivity index (χ1v) is 6.24. The molecule has 19 heavy (non-hydrogen) atoms. The molecule has 7 nitrogen and oxygen atoms in total. The minimum absolute atomic E-state index is 0.183. The van der Waals surface area contributed by atoms with E-state index in [0.717, 1.165) is 4.90 Å². The summed E-state index contributed by atoms with van der Waals surface area (Å²) < 4.78 is 5.15. The van der Waals surface area contributed by atoms with E-state index < -0.39 is 47.9 Å². The maximum absolute atomic E-state index is 12.1. The fraction of sp³-hybridized carbons (Fsp3) is 0.833. The highest BCUT2D eigenvalue weighted by Gasteiger charge is 2.62. The number of nitrogens with zero attached hydrogens (tertiary/aromatic N) is 1. The van der Waals surface area contributed by atoms with E-state index in [1.165, 1.54) is 0 Å². The number of carboxylic acids is 1. The summed E-state index contributed by atoms with van der Waals surface area (Å²) in [5.41, 5.74) is -0.766. The molecule has 0 aromatic heterocycles. The highest BCUT2D eigenvalue weighted by Crippen LogP contribution is 2.43. The van der Waals surface area contributed by atoms with Crippen molar-refractivity contribution in [1.29, 1.82) is 0 Å². The largest absolute Gasteiger partial charge is 0.480 e. The topological polar surface area (TPSA) is 107 Å². The molecule has 0 radical (unpaired) electrons. The van der Waals surface area contributed by atoms with Gasteiger partial charge in [0, 0.05) is 5.92 Å². The summed E-state index contributed by atoms with van der Waals surface area (Å²) in [6.07, 6.45) is -2.57. The van der Waals surface area contributed by atoms with Crippen molar-refractivity contribution < 1.29 is 29.6 Å². The van der Waals surface area contributed by atoms with E-state index in [4.69, 9.17) is 4.74 Å². The van der Waals surface area contributed by atoms with E-state index in [2.05, 4.69) is 0 Å². The summed E-state index contributed by atoms with van der Waals surface area (Å²) in [6, 6.07) is -2.04. The third-order valence-electron chi connectivity index (χ3n) is 3.58. The van der Waals surface area contributed by atoms with E-state index in [-0.39, 0.29) is 6.42 Å². The van der Waals surface area contributed by atoms with Crippen LogP contribution in [-0.2, 0) is 9.53 Å². The lowest BCUT2D eigenvalue weighted by atomic mass is 9.97. The van der Waals surface area contributed by atoms with Gasteiger partial charge in [0.2, 0.25) is 0 Å². The summed E-state index contributed by atoms with van der Waals surface area (Å²) >= 11 is 0. The zero-order valence-corrected chi connectivity index (χ0v) is 11.1.